The molecule has 2 heterocycles. The van der Waals surface area contributed by atoms with E-state index in [2.05, 4.69) is 167 Å². The summed E-state index contributed by atoms with van der Waals surface area (Å²) in [7, 11) is 0. The monoisotopic (exact) mass is 538 g/mol. The lowest BCUT2D eigenvalue weighted by molar-refractivity contribution is 1.08. The Balaban J connectivity index is 1.34. The van der Waals surface area contributed by atoms with E-state index in [1.165, 1.54) is 66.3 Å². The molecule has 0 unspecified atom stereocenters. The van der Waals surface area contributed by atoms with Gasteiger partial charge < -0.3 is 9.47 Å². The molecule has 2 nitrogen and oxygen atoms in total. The molecule has 1 aliphatic heterocycles. The standard InChI is InChI=1S/C40H30N2/c1-2-11-27-41(34-24-21-30-14-7-8-15-32(30)28-34)37-25-26-39-40(35(37)16-6-1)36-17-9-10-18-38(36)42(39)33-22-19-31(20-23-33)29-12-4-3-5-13-29/h1-15,17-26,28H,16,27H2/b6-1-,11-2-. The van der Waals surface area contributed by atoms with E-state index in [4.69, 9.17) is 0 Å². The summed E-state index contributed by atoms with van der Waals surface area (Å²) < 4.78 is 2.43. The summed E-state index contributed by atoms with van der Waals surface area (Å²) in [5.41, 5.74) is 9.93. The number of hydrogen-bond donors (Lipinski definition) is 0. The third-order valence-corrected chi connectivity index (χ3v) is 8.48. The third kappa shape index (κ3) is 4.12. The van der Waals surface area contributed by atoms with Crippen LogP contribution in [0, 0.1) is 0 Å². The molecule has 1 aromatic heterocycles. The number of benzene rings is 6. The predicted octanol–water partition coefficient (Wildman–Crippen LogP) is 10.4. The van der Waals surface area contributed by atoms with Gasteiger partial charge in [0.1, 0.15) is 0 Å². The predicted molar refractivity (Wildman–Crippen MR) is 179 cm³/mol. The molecule has 200 valence electrons. The van der Waals surface area contributed by atoms with Crippen molar-refractivity contribution in [2.45, 2.75) is 6.42 Å². The van der Waals surface area contributed by atoms with Crippen LogP contribution in [0.15, 0.2) is 158 Å². The normalized spacial score (nSPS) is 14.8. The van der Waals surface area contributed by atoms with E-state index in [0.29, 0.717) is 0 Å². The number of rotatable bonds is 3. The van der Waals surface area contributed by atoms with E-state index in [1.807, 2.05) is 0 Å². The molecule has 0 radical (unpaired) electrons. The first-order chi connectivity index (χ1) is 20.8. The first kappa shape index (κ1) is 24.5. The van der Waals surface area contributed by atoms with Gasteiger partial charge in [0.2, 0.25) is 0 Å². The molecule has 0 aliphatic carbocycles. The van der Waals surface area contributed by atoms with Crippen LogP contribution in [0.1, 0.15) is 5.56 Å². The first-order valence-corrected chi connectivity index (χ1v) is 14.6. The minimum Gasteiger partial charge on any atom is -0.337 e. The molecule has 6 aromatic carbocycles. The van der Waals surface area contributed by atoms with E-state index in [-0.39, 0.29) is 0 Å². The Morgan fingerprint density at radius 2 is 1.21 bits per heavy atom. The smallest absolute Gasteiger partial charge is 0.0545 e. The summed E-state index contributed by atoms with van der Waals surface area (Å²) in [5.74, 6) is 0. The molecule has 0 bridgehead atoms. The highest BCUT2D eigenvalue weighted by molar-refractivity contribution is 6.12. The molecule has 0 fully saturated rings. The highest BCUT2D eigenvalue weighted by Crippen LogP contribution is 2.41. The average molecular weight is 539 g/mol. The van der Waals surface area contributed by atoms with Crippen LogP contribution in [-0.4, -0.2) is 11.1 Å². The first-order valence-electron chi connectivity index (χ1n) is 14.6. The van der Waals surface area contributed by atoms with Crippen LogP contribution < -0.4 is 4.90 Å². The van der Waals surface area contributed by atoms with Crippen molar-refractivity contribution in [1.29, 1.82) is 0 Å². The maximum atomic E-state index is 2.46. The number of hydrogen-bond acceptors (Lipinski definition) is 1. The van der Waals surface area contributed by atoms with Gasteiger partial charge >= 0.3 is 0 Å². The maximum Gasteiger partial charge on any atom is 0.0545 e. The quantitative estimate of drug-likeness (QED) is 0.217. The van der Waals surface area contributed by atoms with Gasteiger partial charge in [-0.25, -0.2) is 0 Å². The van der Waals surface area contributed by atoms with Gasteiger partial charge in [0, 0.05) is 34.4 Å². The highest BCUT2D eigenvalue weighted by atomic mass is 15.1. The van der Waals surface area contributed by atoms with E-state index < -0.39 is 0 Å². The molecule has 2 heteroatoms. The second kappa shape index (κ2) is 10.2. The Morgan fingerprint density at radius 1 is 0.500 bits per heavy atom. The maximum absolute atomic E-state index is 2.46. The van der Waals surface area contributed by atoms with Crippen LogP contribution in [0.2, 0.25) is 0 Å². The zero-order valence-electron chi connectivity index (χ0n) is 23.3. The number of aromatic nitrogens is 1. The summed E-state index contributed by atoms with van der Waals surface area (Å²) in [4.78, 5) is 2.46. The number of allylic oxidation sites excluding steroid dienone is 3. The van der Waals surface area contributed by atoms with Gasteiger partial charge in [0.05, 0.1) is 11.0 Å². The third-order valence-electron chi connectivity index (χ3n) is 8.48. The van der Waals surface area contributed by atoms with Crippen molar-refractivity contribution in [3.05, 3.63) is 163 Å². The topological polar surface area (TPSA) is 8.17 Å². The minimum atomic E-state index is 0.806. The van der Waals surface area contributed by atoms with Gasteiger partial charge in [-0.2, -0.15) is 0 Å². The molecule has 0 N–H and O–H groups in total. The van der Waals surface area contributed by atoms with Gasteiger partial charge in [-0.05, 0) is 76.3 Å². The molecule has 0 spiro atoms. The Morgan fingerprint density at radius 3 is 2.10 bits per heavy atom. The summed E-state index contributed by atoms with van der Waals surface area (Å²) >= 11 is 0. The van der Waals surface area contributed by atoms with E-state index >= 15 is 0 Å². The number of anilines is 2. The number of fused-ring (bicyclic) bond motifs is 6. The van der Waals surface area contributed by atoms with Gasteiger partial charge in [-0.3, -0.25) is 0 Å². The molecule has 0 amide bonds. The van der Waals surface area contributed by atoms with Crippen molar-refractivity contribution in [2.75, 3.05) is 11.4 Å². The van der Waals surface area contributed by atoms with Crippen molar-refractivity contribution < 1.29 is 0 Å². The summed E-state index contributed by atoms with van der Waals surface area (Å²) in [5, 5.41) is 5.14. The molecule has 7 aromatic rings. The van der Waals surface area contributed by atoms with Crippen LogP contribution >= 0.6 is 0 Å². The Hall–Kier alpha value is -5.34. The fourth-order valence-corrected chi connectivity index (χ4v) is 6.49. The van der Waals surface area contributed by atoms with Crippen LogP contribution in [0.5, 0.6) is 0 Å². The van der Waals surface area contributed by atoms with Crippen molar-refractivity contribution in [3.63, 3.8) is 0 Å². The molecule has 0 saturated carbocycles. The van der Waals surface area contributed by atoms with Crippen LogP contribution in [0.3, 0.4) is 0 Å². The largest absolute Gasteiger partial charge is 0.337 e. The lowest BCUT2D eigenvalue weighted by atomic mass is 10.00. The molecule has 42 heavy (non-hydrogen) atoms. The summed E-state index contributed by atoms with van der Waals surface area (Å²) in [6, 6.07) is 48.5. The van der Waals surface area contributed by atoms with Crippen LogP contribution in [0.4, 0.5) is 11.4 Å². The fourth-order valence-electron chi connectivity index (χ4n) is 6.49. The Bertz CT molecular complexity index is 2130. The van der Waals surface area contributed by atoms with Crippen molar-refractivity contribution in [1.82, 2.24) is 4.57 Å². The Kier molecular flexibility index (Phi) is 5.97. The molecule has 0 atom stereocenters. The van der Waals surface area contributed by atoms with E-state index in [0.717, 1.165) is 13.0 Å². The van der Waals surface area contributed by atoms with Crippen LogP contribution in [0.25, 0.3) is 49.4 Å². The summed E-state index contributed by atoms with van der Waals surface area (Å²) in [6.45, 7) is 0.806. The molecular formula is C40H30N2. The zero-order valence-corrected chi connectivity index (χ0v) is 23.3. The lowest BCUT2D eigenvalue weighted by Crippen LogP contribution is -2.18. The number of para-hydroxylation sites is 1. The van der Waals surface area contributed by atoms with Gasteiger partial charge in [0.25, 0.3) is 0 Å². The molecule has 8 rings (SSSR count). The van der Waals surface area contributed by atoms with Crippen LogP contribution in [-0.2, 0) is 6.42 Å². The van der Waals surface area contributed by atoms with Crippen molar-refractivity contribution in [3.8, 4) is 16.8 Å². The SMILES string of the molecule is C1=C\Cc2c(ccc3c2c2ccccc2n3-c2ccc(-c3ccccc3)cc2)N(c2ccc3ccccc3c2)C\C=C/1. The van der Waals surface area contributed by atoms with Gasteiger partial charge in [-0.15, -0.1) is 0 Å². The summed E-state index contributed by atoms with van der Waals surface area (Å²) in [6.07, 6.45) is 9.77. The molecular weight excluding hydrogens is 508 g/mol. The number of nitrogens with zero attached hydrogens (tertiary/aromatic N) is 2. The van der Waals surface area contributed by atoms with Gasteiger partial charge in [0.15, 0.2) is 0 Å². The Labute approximate surface area is 246 Å². The fraction of sp³-hybridized carbons (Fsp3) is 0.0500. The molecule has 1 aliphatic rings. The second-order valence-corrected chi connectivity index (χ2v) is 10.9. The lowest BCUT2D eigenvalue weighted by Gasteiger charge is -2.27. The average Bonchev–Trinajstić information content (AvgIpc) is 3.44. The minimum absolute atomic E-state index is 0.806. The van der Waals surface area contributed by atoms with Crippen molar-refractivity contribution in [2.24, 2.45) is 0 Å². The zero-order chi connectivity index (χ0) is 27.9. The van der Waals surface area contributed by atoms with E-state index in [9.17, 15) is 0 Å². The van der Waals surface area contributed by atoms with E-state index in [1.54, 1.807) is 0 Å². The van der Waals surface area contributed by atoms with Crippen molar-refractivity contribution >= 4 is 44.0 Å². The highest BCUT2D eigenvalue weighted by Gasteiger charge is 2.21. The second-order valence-electron chi connectivity index (χ2n) is 10.9. The van der Waals surface area contributed by atoms with Gasteiger partial charge in [-0.1, -0.05) is 115 Å². The molecule has 0 saturated heterocycles.